The fraction of sp³-hybridized carbons (Fsp3) is 0.778. The van der Waals surface area contributed by atoms with Gasteiger partial charge in [-0.25, -0.2) is 0 Å². The first-order valence-electron chi connectivity index (χ1n) is 4.22. The van der Waals surface area contributed by atoms with Crippen molar-refractivity contribution in [3.8, 4) is 0 Å². The van der Waals surface area contributed by atoms with Gasteiger partial charge in [0, 0.05) is 5.75 Å². The highest BCUT2D eigenvalue weighted by Crippen LogP contribution is 2.58. The molecule has 0 aromatic carbocycles. The Balaban J connectivity index is 2.40. The van der Waals surface area contributed by atoms with Crippen LogP contribution in [0.4, 0.5) is 0 Å². The summed E-state index contributed by atoms with van der Waals surface area (Å²) < 4.78 is 0. The summed E-state index contributed by atoms with van der Waals surface area (Å²) >= 11 is 0. The molecule has 0 amide bonds. The Morgan fingerprint density at radius 3 is 2.36 bits per heavy atom. The Hall–Kier alpha value is 0.380. The highest BCUT2D eigenvalue weighted by molar-refractivity contribution is 8.51. The lowest BCUT2D eigenvalue weighted by Gasteiger charge is -2.25. The molecule has 1 aliphatic heterocycles. The summed E-state index contributed by atoms with van der Waals surface area (Å²) in [5.41, 5.74) is 1.41. The quantitative estimate of drug-likeness (QED) is 0.586. The molecule has 0 aliphatic carbocycles. The van der Waals surface area contributed by atoms with Crippen molar-refractivity contribution in [2.75, 3.05) is 17.3 Å². The zero-order valence-corrected chi connectivity index (χ0v) is 8.97. The van der Waals surface area contributed by atoms with Gasteiger partial charge in [0.05, 0.1) is 0 Å². The molecule has 1 saturated heterocycles. The molecule has 0 atom stereocenters. The summed E-state index contributed by atoms with van der Waals surface area (Å²) in [6.45, 7) is 4.29. The standard InChI is InChI=1S/C9H17ClS/c1-9(2)5-8-11(10)6-3-4-7-11/h5H,3-4,6-8H2,1-2H3. The van der Waals surface area contributed by atoms with Crippen molar-refractivity contribution in [1.82, 2.24) is 0 Å². The van der Waals surface area contributed by atoms with Gasteiger partial charge in [0.2, 0.25) is 0 Å². The molecule has 1 heterocycles. The van der Waals surface area contributed by atoms with Crippen LogP contribution in [0.5, 0.6) is 0 Å². The van der Waals surface area contributed by atoms with Gasteiger partial charge in [-0.05, 0) is 38.2 Å². The number of allylic oxidation sites excluding steroid dienone is 1. The second-order valence-electron chi connectivity index (χ2n) is 3.50. The van der Waals surface area contributed by atoms with Gasteiger partial charge in [0.15, 0.2) is 0 Å². The molecule has 0 unspecified atom stereocenters. The third kappa shape index (κ3) is 3.08. The average Bonchev–Trinajstić information content (AvgIpc) is 2.33. The molecule has 2 heteroatoms. The largest absolute Gasteiger partial charge is 0.159 e. The van der Waals surface area contributed by atoms with Crippen LogP contribution in [0.25, 0.3) is 0 Å². The molecule has 0 saturated carbocycles. The lowest BCUT2D eigenvalue weighted by Crippen LogP contribution is -1.97. The molecular weight excluding hydrogens is 176 g/mol. The SMILES string of the molecule is CC(C)=CCS1(Cl)CCCC1. The third-order valence-corrected chi connectivity index (χ3v) is 6.17. The summed E-state index contributed by atoms with van der Waals surface area (Å²) in [5.74, 6) is 3.73. The zero-order chi connectivity index (χ0) is 8.32. The van der Waals surface area contributed by atoms with Crippen LogP contribution in [-0.4, -0.2) is 17.3 Å². The van der Waals surface area contributed by atoms with Crippen molar-refractivity contribution in [3.05, 3.63) is 11.6 Å². The molecule has 1 fully saturated rings. The van der Waals surface area contributed by atoms with Crippen LogP contribution in [0.3, 0.4) is 0 Å². The average molecular weight is 193 g/mol. The van der Waals surface area contributed by atoms with Crippen molar-refractivity contribution >= 4 is 19.9 Å². The third-order valence-electron chi connectivity index (χ3n) is 2.06. The molecule has 0 nitrogen and oxygen atoms in total. The van der Waals surface area contributed by atoms with E-state index in [4.69, 9.17) is 10.7 Å². The van der Waals surface area contributed by atoms with E-state index in [0.29, 0.717) is 0 Å². The van der Waals surface area contributed by atoms with Gasteiger partial charge in [0.25, 0.3) is 0 Å². The molecule has 0 aromatic heterocycles. The first-order valence-corrected chi connectivity index (χ1v) is 7.18. The molecule has 0 N–H and O–H groups in total. The Morgan fingerprint density at radius 2 is 1.91 bits per heavy atom. The van der Waals surface area contributed by atoms with E-state index in [2.05, 4.69) is 19.9 Å². The highest BCUT2D eigenvalue weighted by atomic mass is 35.7. The summed E-state index contributed by atoms with van der Waals surface area (Å²) in [6.07, 6.45) is 5.01. The Bertz CT molecular complexity index is 153. The zero-order valence-electron chi connectivity index (χ0n) is 7.40. The maximum atomic E-state index is 6.45. The topological polar surface area (TPSA) is 0 Å². The lowest BCUT2D eigenvalue weighted by molar-refractivity contribution is 0.949. The Labute approximate surface area is 75.8 Å². The second-order valence-corrected chi connectivity index (χ2v) is 8.50. The predicted molar refractivity (Wildman–Crippen MR) is 56.7 cm³/mol. The van der Waals surface area contributed by atoms with Gasteiger partial charge in [-0.3, -0.25) is 0 Å². The molecular formula is C9H17ClS. The van der Waals surface area contributed by atoms with Crippen LogP contribution < -0.4 is 0 Å². The van der Waals surface area contributed by atoms with E-state index in [1.807, 2.05) is 0 Å². The van der Waals surface area contributed by atoms with Crippen LogP contribution in [0.2, 0.25) is 0 Å². The fourth-order valence-corrected chi connectivity index (χ4v) is 4.76. The lowest BCUT2D eigenvalue weighted by atomic mass is 10.3. The minimum Gasteiger partial charge on any atom is -0.159 e. The van der Waals surface area contributed by atoms with Gasteiger partial charge in [0.1, 0.15) is 0 Å². The summed E-state index contributed by atoms with van der Waals surface area (Å²) in [7, 11) is 5.75. The molecule has 0 bridgehead atoms. The predicted octanol–water partition coefficient (Wildman–Crippen LogP) is 3.70. The monoisotopic (exact) mass is 192 g/mol. The van der Waals surface area contributed by atoms with Crippen molar-refractivity contribution < 1.29 is 0 Å². The number of hydrogen-bond donors (Lipinski definition) is 0. The van der Waals surface area contributed by atoms with Gasteiger partial charge >= 0.3 is 0 Å². The summed E-state index contributed by atoms with van der Waals surface area (Å²) in [4.78, 5) is 0. The molecule has 11 heavy (non-hydrogen) atoms. The Kier molecular flexibility index (Phi) is 3.32. The van der Waals surface area contributed by atoms with Crippen LogP contribution in [0, 0.1) is 0 Å². The normalized spacial score (nSPS) is 24.6. The molecule has 66 valence electrons. The van der Waals surface area contributed by atoms with Crippen molar-refractivity contribution in [3.63, 3.8) is 0 Å². The summed E-state index contributed by atoms with van der Waals surface area (Å²) in [5, 5.41) is 0. The molecule has 1 rings (SSSR count). The van der Waals surface area contributed by atoms with Crippen LogP contribution in [-0.2, 0) is 0 Å². The number of hydrogen-bond acceptors (Lipinski definition) is 0. The minimum atomic E-state index is -0.703. The van der Waals surface area contributed by atoms with Crippen LogP contribution in [0.1, 0.15) is 26.7 Å². The number of rotatable bonds is 2. The van der Waals surface area contributed by atoms with E-state index < -0.39 is 9.24 Å². The first kappa shape index (κ1) is 9.47. The van der Waals surface area contributed by atoms with E-state index >= 15 is 0 Å². The van der Waals surface area contributed by atoms with E-state index in [1.165, 1.54) is 29.9 Å². The molecule has 0 spiro atoms. The van der Waals surface area contributed by atoms with E-state index in [1.54, 1.807) is 0 Å². The first-order chi connectivity index (χ1) is 5.12. The highest BCUT2D eigenvalue weighted by Gasteiger charge is 2.24. The van der Waals surface area contributed by atoms with Gasteiger partial charge in [-0.1, -0.05) is 22.3 Å². The Morgan fingerprint density at radius 1 is 1.36 bits per heavy atom. The van der Waals surface area contributed by atoms with Crippen LogP contribution in [0.15, 0.2) is 11.6 Å². The number of halogens is 1. The smallest absolute Gasteiger partial charge is 0.00821 e. The molecule has 1 aliphatic rings. The van der Waals surface area contributed by atoms with E-state index in [-0.39, 0.29) is 0 Å². The van der Waals surface area contributed by atoms with Crippen molar-refractivity contribution in [2.24, 2.45) is 0 Å². The fourth-order valence-electron chi connectivity index (χ4n) is 1.31. The van der Waals surface area contributed by atoms with Crippen LogP contribution >= 0.6 is 19.9 Å². The van der Waals surface area contributed by atoms with Crippen molar-refractivity contribution in [1.29, 1.82) is 0 Å². The van der Waals surface area contributed by atoms with E-state index in [9.17, 15) is 0 Å². The van der Waals surface area contributed by atoms with Gasteiger partial charge in [-0.2, -0.15) is 9.24 Å². The molecule has 0 radical (unpaired) electrons. The van der Waals surface area contributed by atoms with Gasteiger partial charge in [-0.15, -0.1) is 0 Å². The minimum absolute atomic E-state index is 0.703. The second kappa shape index (κ2) is 3.86. The van der Waals surface area contributed by atoms with Crippen molar-refractivity contribution in [2.45, 2.75) is 26.7 Å². The van der Waals surface area contributed by atoms with E-state index in [0.717, 1.165) is 5.75 Å². The van der Waals surface area contributed by atoms with Gasteiger partial charge < -0.3 is 0 Å². The summed E-state index contributed by atoms with van der Waals surface area (Å²) in [6, 6.07) is 0. The molecule has 0 aromatic rings. The maximum absolute atomic E-state index is 6.45. The maximum Gasteiger partial charge on any atom is 0.00821 e.